The fourth-order valence-electron chi connectivity index (χ4n) is 2.19. The Hall–Kier alpha value is -1.55. The highest BCUT2D eigenvalue weighted by molar-refractivity contribution is 5.99. The van der Waals surface area contributed by atoms with Crippen LogP contribution in [0.25, 0.3) is 0 Å². The highest BCUT2D eigenvalue weighted by Gasteiger charge is 2.21. The number of nitrogen functional groups attached to an aromatic ring is 1. The van der Waals surface area contributed by atoms with Gasteiger partial charge in [0.25, 0.3) is 5.91 Å². The summed E-state index contributed by atoms with van der Waals surface area (Å²) in [5.41, 5.74) is 6.78. The molecule has 1 aromatic rings. The predicted molar refractivity (Wildman–Crippen MR) is 66.6 cm³/mol. The first-order valence-corrected chi connectivity index (χ1v) is 6.00. The Morgan fingerprint density at radius 3 is 2.53 bits per heavy atom. The van der Waals surface area contributed by atoms with E-state index in [4.69, 9.17) is 5.73 Å². The van der Waals surface area contributed by atoms with E-state index >= 15 is 0 Å². The lowest BCUT2D eigenvalue weighted by atomic mass is 9.93. The minimum atomic E-state index is -0.204. The van der Waals surface area contributed by atoms with E-state index in [0.29, 0.717) is 11.3 Å². The molecule has 2 rings (SSSR count). The van der Waals surface area contributed by atoms with Crippen LogP contribution >= 0.6 is 0 Å². The third kappa shape index (κ3) is 2.97. The van der Waals surface area contributed by atoms with E-state index in [1.807, 2.05) is 6.07 Å². The predicted octanol–water partition coefficient (Wildman–Crippen LogP) is 1.30. The number of carbonyl (C=O) groups is 1. The number of para-hydroxylation sites is 1. The first-order valence-electron chi connectivity index (χ1n) is 6.00. The van der Waals surface area contributed by atoms with Crippen molar-refractivity contribution < 1.29 is 9.90 Å². The van der Waals surface area contributed by atoms with Crippen LogP contribution in [0.2, 0.25) is 0 Å². The summed E-state index contributed by atoms with van der Waals surface area (Å²) in [5.74, 6) is -0.121. The Morgan fingerprint density at radius 2 is 1.88 bits per heavy atom. The van der Waals surface area contributed by atoms with Gasteiger partial charge in [0.1, 0.15) is 0 Å². The van der Waals surface area contributed by atoms with Crippen LogP contribution in [0.5, 0.6) is 0 Å². The summed E-state index contributed by atoms with van der Waals surface area (Å²) in [7, 11) is 0. The van der Waals surface area contributed by atoms with Crippen molar-refractivity contribution in [2.24, 2.45) is 0 Å². The molecule has 0 unspecified atom stereocenters. The standard InChI is InChI=1S/C13H18N2O2/c14-12-4-2-1-3-11(12)13(17)15-9-5-7-10(16)8-6-9/h1-4,9-10,16H,5-8,14H2,(H,15,17)/t9-,10+. The molecule has 0 bridgehead atoms. The summed E-state index contributed by atoms with van der Waals surface area (Å²) < 4.78 is 0. The van der Waals surface area contributed by atoms with E-state index in [1.165, 1.54) is 0 Å². The maximum atomic E-state index is 12.0. The largest absolute Gasteiger partial charge is 0.398 e. The molecule has 4 nitrogen and oxygen atoms in total. The van der Waals surface area contributed by atoms with Crippen molar-refractivity contribution in [3.8, 4) is 0 Å². The van der Waals surface area contributed by atoms with Crippen LogP contribution in [0.4, 0.5) is 5.69 Å². The van der Waals surface area contributed by atoms with Gasteiger partial charge in [-0.3, -0.25) is 4.79 Å². The lowest BCUT2D eigenvalue weighted by molar-refractivity contribution is 0.0868. The number of aliphatic hydroxyl groups excluding tert-OH is 1. The molecule has 0 radical (unpaired) electrons. The number of carbonyl (C=O) groups excluding carboxylic acids is 1. The SMILES string of the molecule is Nc1ccccc1C(=O)N[C@H]1CC[C@@H](O)CC1. The second-order valence-corrected chi connectivity index (χ2v) is 4.57. The van der Waals surface area contributed by atoms with Crippen LogP contribution in [0.1, 0.15) is 36.0 Å². The first kappa shape index (κ1) is 11.9. The summed E-state index contributed by atoms with van der Waals surface area (Å²) in [6.45, 7) is 0. The van der Waals surface area contributed by atoms with Gasteiger partial charge in [0.05, 0.1) is 11.7 Å². The fraction of sp³-hybridized carbons (Fsp3) is 0.462. The molecule has 1 aliphatic rings. The van der Waals surface area contributed by atoms with Crippen molar-refractivity contribution in [2.45, 2.75) is 37.8 Å². The van der Waals surface area contributed by atoms with Gasteiger partial charge < -0.3 is 16.2 Å². The molecule has 1 fully saturated rings. The number of anilines is 1. The van der Waals surface area contributed by atoms with Crippen molar-refractivity contribution in [1.29, 1.82) is 0 Å². The molecule has 1 aliphatic carbocycles. The molecular weight excluding hydrogens is 216 g/mol. The number of rotatable bonds is 2. The maximum absolute atomic E-state index is 12.0. The number of nitrogens with two attached hydrogens (primary N) is 1. The van der Waals surface area contributed by atoms with Crippen LogP contribution in [-0.4, -0.2) is 23.2 Å². The van der Waals surface area contributed by atoms with Gasteiger partial charge in [0, 0.05) is 11.7 Å². The van der Waals surface area contributed by atoms with Crippen molar-refractivity contribution in [3.05, 3.63) is 29.8 Å². The molecule has 0 spiro atoms. The monoisotopic (exact) mass is 234 g/mol. The second-order valence-electron chi connectivity index (χ2n) is 4.57. The molecule has 0 saturated heterocycles. The molecule has 1 saturated carbocycles. The lowest BCUT2D eigenvalue weighted by Gasteiger charge is -2.26. The molecule has 0 aromatic heterocycles. The van der Waals surface area contributed by atoms with Crippen LogP contribution in [0, 0.1) is 0 Å². The molecule has 92 valence electrons. The highest BCUT2D eigenvalue weighted by Crippen LogP contribution is 2.19. The third-order valence-electron chi connectivity index (χ3n) is 3.24. The number of aliphatic hydroxyl groups is 1. The van der Waals surface area contributed by atoms with Crippen LogP contribution in [-0.2, 0) is 0 Å². The summed E-state index contributed by atoms with van der Waals surface area (Å²) in [6.07, 6.45) is 2.98. The summed E-state index contributed by atoms with van der Waals surface area (Å²) in [5, 5.41) is 12.4. The Labute approximate surface area is 101 Å². The molecule has 4 N–H and O–H groups in total. The topological polar surface area (TPSA) is 75.4 Å². The zero-order valence-electron chi connectivity index (χ0n) is 9.73. The zero-order chi connectivity index (χ0) is 12.3. The van der Waals surface area contributed by atoms with Gasteiger partial charge in [-0.25, -0.2) is 0 Å². The van der Waals surface area contributed by atoms with E-state index in [9.17, 15) is 9.90 Å². The van der Waals surface area contributed by atoms with E-state index in [2.05, 4.69) is 5.32 Å². The quantitative estimate of drug-likeness (QED) is 0.675. The highest BCUT2D eigenvalue weighted by atomic mass is 16.3. The molecule has 0 heterocycles. The molecule has 17 heavy (non-hydrogen) atoms. The minimum absolute atomic E-state index is 0.121. The Morgan fingerprint density at radius 1 is 1.24 bits per heavy atom. The van der Waals surface area contributed by atoms with Crippen molar-refractivity contribution in [1.82, 2.24) is 5.32 Å². The summed E-state index contributed by atoms with van der Waals surface area (Å²) in [6, 6.07) is 7.21. The van der Waals surface area contributed by atoms with E-state index < -0.39 is 0 Å². The van der Waals surface area contributed by atoms with E-state index in [0.717, 1.165) is 25.7 Å². The van der Waals surface area contributed by atoms with Crippen molar-refractivity contribution in [3.63, 3.8) is 0 Å². The van der Waals surface area contributed by atoms with Crippen LogP contribution in [0.15, 0.2) is 24.3 Å². The number of hydrogen-bond donors (Lipinski definition) is 3. The molecule has 1 amide bonds. The van der Waals surface area contributed by atoms with Crippen LogP contribution < -0.4 is 11.1 Å². The molecule has 0 atom stereocenters. The van der Waals surface area contributed by atoms with Gasteiger partial charge in [-0.15, -0.1) is 0 Å². The third-order valence-corrected chi connectivity index (χ3v) is 3.24. The van der Waals surface area contributed by atoms with Gasteiger partial charge >= 0.3 is 0 Å². The Bertz CT molecular complexity index is 398. The number of hydrogen-bond acceptors (Lipinski definition) is 3. The molecule has 4 heteroatoms. The van der Waals surface area contributed by atoms with Crippen LogP contribution in [0.3, 0.4) is 0 Å². The van der Waals surface area contributed by atoms with Crippen molar-refractivity contribution in [2.75, 3.05) is 5.73 Å². The van der Waals surface area contributed by atoms with E-state index in [1.54, 1.807) is 18.2 Å². The molecule has 0 aliphatic heterocycles. The zero-order valence-corrected chi connectivity index (χ0v) is 9.73. The lowest BCUT2D eigenvalue weighted by Crippen LogP contribution is -2.38. The fourth-order valence-corrected chi connectivity index (χ4v) is 2.19. The average Bonchev–Trinajstić information content (AvgIpc) is 2.32. The normalized spacial score (nSPS) is 24.3. The summed E-state index contributed by atoms with van der Waals surface area (Å²) >= 11 is 0. The minimum Gasteiger partial charge on any atom is -0.398 e. The second kappa shape index (κ2) is 5.19. The van der Waals surface area contributed by atoms with E-state index in [-0.39, 0.29) is 18.1 Å². The number of benzene rings is 1. The smallest absolute Gasteiger partial charge is 0.253 e. The summed E-state index contributed by atoms with van der Waals surface area (Å²) in [4.78, 5) is 12.0. The first-order chi connectivity index (χ1) is 8.16. The van der Waals surface area contributed by atoms with Crippen molar-refractivity contribution >= 4 is 11.6 Å². The number of amides is 1. The molecule has 1 aromatic carbocycles. The van der Waals surface area contributed by atoms with Gasteiger partial charge in [0.2, 0.25) is 0 Å². The average molecular weight is 234 g/mol. The Balaban J connectivity index is 1.96. The van der Waals surface area contributed by atoms with Gasteiger partial charge in [-0.1, -0.05) is 12.1 Å². The van der Waals surface area contributed by atoms with Gasteiger partial charge in [-0.05, 0) is 37.8 Å². The number of nitrogens with one attached hydrogen (secondary N) is 1. The van der Waals surface area contributed by atoms with Gasteiger partial charge in [-0.2, -0.15) is 0 Å². The maximum Gasteiger partial charge on any atom is 0.253 e. The van der Waals surface area contributed by atoms with Gasteiger partial charge in [0.15, 0.2) is 0 Å². The Kier molecular flexibility index (Phi) is 3.64. The molecular formula is C13H18N2O2.